The lowest BCUT2D eigenvalue weighted by molar-refractivity contribution is -0.144. The third-order valence-electron chi connectivity index (χ3n) is 3.72. The Morgan fingerprint density at radius 2 is 2.00 bits per heavy atom. The first-order valence-electron chi connectivity index (χ1n) is 6.42. The van der Waals surface area contributed by atoms with Gasteiger partial charge in [-0.25, -0.2) is 9.18 Å². The van der Waals surface area contributed by atoms with Crippen molar-refractivity contribution >= 4 is 11.9 Å². The summed E-state index contributed by atoms with van der Waals surface area (Å²) < 4.78 is 19.3. The van der Waals surface area contributed by atoms with Crippen LogP contribution in [0.15, 0.2) is 35.5 Å². The van der Waals surface area contributed by atoms with E-state index in [1.807, 2.05) is 0 Å². The maximum atomic E-state index is 14.0. The third kappa shape index (κ3) is 1.81. The summed E-state index contributed by atoms with van der Waals surface area (Å²) in [6.45, 7) is 3.41. The van der Waals surface area contributed by atoms with Gasteiger partial charge >= 0.3 is 5.97 Å². The molecule has 1 atom stereocenters. The van der Waals surface area contributed by atoms with Crippen molar-refractivity contribution in [2.45, 2.75) is 31.8 Å². The second kappa shape index (κ2) is 4.16. The van der Waals surface area contributed by atoms with E-state index in [1.54, 1.807) is 32.0 Å². The summed E-state index contributed by atoms with van der Waals surface area (Å²) >= 11 is 0. The molecule has 0 saturated heterocycles. The van der Waals surface area contributed by atoms with Gasteiger partial charge in [-0.15, -0.1) is 0 Å². The second-order valence-corrected chi connectivity index (χ2v) is 5.51. The number of nitrogens with one attached hydrogen (secondary N) is 1. The number of cyclic esters (lactones) is 1. The van der Waals surface area contributed by atoms with E-state index in [0.717, 1.165) is 0 Å². The number of amides is 1. The molecule has 1 aromatic carbocycles. The Kier molecular flexibility index (Phi) is 2.67. The summed E-state index contributed by atoms with van der Waals surface area (Å²) in [7, 11) is 0. The molecule has 0 spiro atoms. The SMILES string of the molecule is CC1(C)OC(=O)C2=C1NC(=O)C[C@H]2c1ccccc1F. The maximum absolute atomic E-state index is 14.0. The molecule has 2 heterocycles. The normalized spacial score (nSPS) is 24.2. The highest BCUT2D eigenvalue weighted by atomic mass is 19.1. The van der Waals surface area contributed by atoms with Gasteiger partial charge < -0.3 is 10.1 Å². The van der Waals surface area contributed by atoms with Crippen LogP contribution in [-0.4, -0.2) is 17.5 Å². The minimum Gasteiger partial charge on any atom is -0.450 e. The van der Waals surface area contributed by atoms with E-state index < -0.39 is 23.3 Å². The number of halogens is 1. The van der Waals surface area contributed by atoms with E-state index in [4.69, 9.17) is 4.74 Å². The van der Waals surface area contributed by atoms with Crippen LogP contribution in [0.3, 0.4) is 0 Å². The molecule has 0 radical (unpaired) electrons. The Balaban J connectivity index is 2.16. The van der Waals surface area contributed by atoms with Gasteiger partial charge in [-0.1, -0.05) is 18.2 Å². The molecule has 2 aliphatic rings. The molecule has 0 aliphatic carbocycles. The van der Waals surface area contributed by atoms with Crippen molar-refractivity contribution in [2.24, 2.45) is 0 Å². The van der Waals surface area contributed by atoms with E-state index in [2.05, 4.69) is 5.32 Å². The first-order valence-corrected chi connectivity index (χ1v) is 6.42. The fraction of sp³-hybridized carbons (Fsp3) is 0.333. The number of esters is 1. The highest BCUT2D eigenvalue weighted by Gasteiger charge is 2.47. The summed E-state index contributed by atoms with van der Waals surface area (Å²) in [5.41, 5.74) is 0.280. The first-order chi connectivity index (χ1) is 9.40. The van der Waals surface area contributed by atoms with Crippen LogP contribution in [-0.2, 0) is 14.3 Å². The van der Waals surface area contributed by atoms with Crippen molar-refractivity contribution in [3.8, 4) is 0 Å². The molecule has 0 unspecified atom stereocenters. The van der Waals surface area contributed by atoms with Gasteiger partial charge in [0.1, 0.15) is 11.4 Å². The predicted octanol–water partition coefficient (Wildman–Crippen LogP) is 2.02. The van der Waals surface area contributed by atoms with Gasteiger partial charge in [-0.3, -0.25) is 4.79 Å². The highest BCUT2D eigenvalue weighted by molar-refractivity contribution is 5.99. The molecule has 20 heavy (non-hydrogen) atoms. The summed E-state index contributed by atoms with van der Waals surface area (Å²) in [6, 6.07) is 6.19. The van der Waals surface area contributed by atoms with Crippen LogP contribution in [0.25, 0.3) is 0 Å². The largest absolute Gasteiger partial charge is 0.450 e. The van der Waals surface area contributed by atoms with Crippen LogP contribution in [0.5, 0.6) is 0 Å². The molecule has 2 aliphatic heterocycles. The van der Waals surface area contributed by atoms with E-state index in [0.29, 0.717) is 16.8 Å². The van der Waals surface area contributed by atoms with Crippen LogP contribution < -0.4 is 5.32 Å². The summed E-state index contributed by atoms with van der Waals surface area (Å²) in [6.07, 6.45) is 0.0466. The molecule has 0 saturated carbocycles. The fourth-order valence-corrected chi connectivity index (χ4v) is 2.80. The number of ether oxygens (including phenoxy) is 1. The lowest BCUT2D eigenvalue weighted by Crippen LogP contribution is -2.38. The lowest BCUT2D eigenvalue weighted by atomic mass is 9.82. The van der Waals surface area contributed by atoms with Gasteiger partial charge in [0.15, 0.2) is 0 Å². The Hall–Kier alpha value is -2.17. The average molecular weight is 275 g/mol. The van der Waals surface area contributed by atoms with Crippen molar-refractivity contribution < 1.29 is 18.7 Å². The Bertz CT molecular complexity index is 648. The van der Waals surface area contributed by atoms with Crippen LogP contribution in [0, 0.1) is 5.82 Å². The first kappa shape index (κ1) is 12.8. The molecular formula is C15H14FNO3. The highest BCUT2D eigenvalue weighted by Crippen LogP contribution is 2.42. The van der Waals surface area contributed by atoms with E-state index in [9.17, 15) is 14.0 Å². The Morgan fingerprint density at radius 3 is 2.70 bits per heavy atom. The second-order valence-electron chi connectivity index (χ2n) is 5.51. The van der Waals surface area contributed by atoms with Crippen LogP contribution in [0.4, 0.5) is 4.39 Å². The van der Waals surface area contributed by atoms with Crippen molar-refractivity contribution in [1.29, 1.82) is 0 Å². The predicted molar refractivity (Wildman–Crippen MR) is 69.1 cm³/mol. The van der Waals surface area contributed by atoms with Gasteiger partial charge in [-0.2, -0.15) is 0 Å². The number of rotatable bonds is 1. The zero-order valence-corrected chi connectivity index (χ0v) is 11.2. The molecule has 4 nitrogen and oxygen atoms in total. The molecular weight excluding hydrogens is 261 g/mol. The molecule has 5 heteroatoms. The van der Waals surface area contributed by atoms with E-state index >= 15 is 0 Å². The van der Waals surface area contributed by atoms with E-state index in [1.165, 1.54) is 6.07 Å². The molecule has 1 amide bonds. The molecule has 104 valence electrons. The van der Waals surface area contributed by atoms with Gasteiger partial charge in [0.2, 0.25) is 5.91 Å². The van der Waals surface area contributed by atoms with Crippen molar-refractivity contribution in [3.63, 3.8) is 0 Å². The summed E-state index contributed by atoms with van der Waals surface area (Å²) in [5, 5.41) is 2.69. The third-order valence-corrected chi connectivity index (χ3v) is 3.72. The van der Waals surface area contributed by atoms with Crippen molar-refractivity contribution in [3.05, 3.63) is 46.9 Å². The summed E-state index contributed by atoms with van der Waals surface area (Å²) in [4.78, 5) is 23.9. The lowest BCUT2D eigenvalue weighted by Gasteiger charge is -2.27. The van der Waals surface area contributed by atoms with Gasteiger partial charge in [0.05, 0.1) is 11.3 Å². The molecule has 1 N–H and O–H groups in total. The van der Waals surface area contributed by atoms with Crippen molar-refractivity contribution in [2.75, 3.05) is 0 Å². The van der Waals surface area contributed by atoms with Gasteiger partial charge in [-0.05, 0) is 25.5 Å². The average Bonchev–Trinajstić information content (AvgIpc) is 2.59. The minimum atomic E-state index is -0.883. The van der Waals surface area contributed by atoms with E-state index in [-0.39, 0.29) is 12.3 Å². The molecule has 1 aromatic rings. The zero-order chi connectivity index (χ0) is 14.5. The van der Waals surface area contributed by atoms with Crippen LogP contribution >= 0.6 is 0 Å². The molecule has 0 aromatic heterocycles. The summed E-state index contributed by atoms with van der Waals surface area (Å²) in [5.74, 6) is -1.73. The van der Waals surface area contributed by atoms with Crippen LogP contribution in [0.1, 0.15) is 31.7 Å². The zero-order valence-electron chi connectivity index (χ0n) is 11.2. The Labute approximate surface area is 115 Å². The standard InChI is InChI=1S/C15H14FNO3/c1-15(2)13-12(14(19)20-15)9(7-11(18)17-13)8-5-3-4-6-10(8)16/h3-6,9H,7H2,1-2H3,(H,17,18)/t9-/m0/s1. The molecule has 0 bridgehead atoms. The number of carbonyl (C=O) groups is 2. The number of benzene rings is 1. The van der Waals surface area contributed by atoms with Gasteiger partial charge in [0, 0.05) is 12.3 Å². The fourth-order valence-electron chi connectivity index (χ4n) is 2.80. The quantitative estimate of drug-likeness (QED) is 0.798. The Morgan fingerprint density at radius 1 is 1.30 bits per heavy atom. The van der Waals surface area contributed by atoms with Crippen molar-refractivity contribution in [1.82, 2.24) is 5.32 Å². The smallest absolute Gasteiger partial charge is 0.337 e. The number of hydrogen-bond acceptors (Lipinski definition) is 3. The number of hydrogen-bond donors (Lipinski definition) is 1. The topological polar surface area (TPSA) is 55.4 Å². The minimum absolute atomic E-state index is 0.0466. The van der Waals surface area contributed by atoms with Gasteiger partial charge in [0.25, 0.3) is 0 Å². The molecule has 3 rings (SSSR count). The number of carbonyl (C=O) groups excluding carboxylic acids is 2. The monoisotopic (exact) mass is 275 g/mol. The van der Waals surface area contributed by atoms with Crippen LogP contribution in [0.2, 0.25) is 0 Å². The maximum Gasteiger partial charge on any atom is 0.337 e. The molecule has 0 fully saturated rings.